The molecule has 1 aromatic heterocycles. The van der Waals surface area contributed by atoms with Crippen LogP contribution in [0.1, 0.15) is 52.9 Å². The van der Waals surface area contributed by atoms with E-state index in [0.29, 0.717) is 46.9 Å². The second-order valence-electron chi connectivity index (χ2n) is 10.2. The van der Waals surface area contributed by atoms with Gasteiger partial charge in [-0.1, -0.05) is 12.1 Å². The first kappa shape index (κ1) is 26.0. The third-order valence-electron chi connectivity index (χ3n) is 7.34. The molecule has 3 aromatic rings. The molecule has 1 amide bonds. The van der Waals surface area contributed by atoms with Crippen LogP contribution in [-0.4, -0.2) is 53.4 Å². The molecule has 2 heterocycles. The highest BCUT2D eigenvalue weighted by Crippen LogP contribution is 2.41. The highest BCUT2D eigenvalue weighted by molar-refractivity contribution is 7.18. The zero-order chi connectivity index (χ0) is 26.9. The fourth-order valence-corrected chi connectivity index (χ4v) is 6.08. The molecule has 7 nitrogen and oxygen atoms in total. The second kappa shape index (κ2) is 10.7. The fraction of sp³-hybridized carbons (Fsp3) is 0.345. The molecule has 1 aliphatic carbocycles. The van der Waals surface area contributed by atoms with Crippen molar-refractivity contribution in [1.82, 2.24) is 4.90 Å². The summed E-state index contributed by atoms with van der Waals surface area (Å²) in [5.41, 5.74) is 14.9. The van der Waals surface area contributed by atoms with Crippen LogP contribution < -0.4 is 11.5 Å². The van der Waals surface area contributed by atoms with Gasteiger partial charge in [0.15, 0.2) is 0 Å². The average Bonchev–Trinajstić information content (AvgIpc) is 3.34. The Balaban J connectivity index is 1.54. The van der Waals surface area contributed by atoms with E-state index < -0.39 is 11.4 Å². The van der Waals surface area contributed by atoms with E-state index in [9.17, 15) is 14.3 Å². The summed E-state index contributed by atoms with van der Waals surface area (Å²) in [5, 5.41) is 19.5. The van der Waals surface area contributed by atoms with Gasteiger partial charge >= 0.3 is 0 Å². The largest absolute Gasteiger partial charge is 0.398 e. The van der Waals surface area contributed by atoms with Gasteiger partial charge in [-0.15, -0.1) is 11.3 Å². The van der Waals surface area contributed by atoms with E-state index in [1.165, 1.54) is 23.5 Å². The van der Waals surface area contributed by atoms with Crippen LogP contribution >= 0.6 is 11.3 Å². The van der Waals surface area contributed by atoms with Crippen LogP contribution in [0.15, 0.2) is 47.5 Å². The van der Waals surface area contributed by atoms with Gasteiger partial charge in [0.05, 0.1) is 22.6 Å². The molecule has 1 saturated heterocycles. The van der Waals surface area contributed by atoms with Gasteiger partial charge in [0.25, 0.3) is 5.91 Å². The zero-order valence-electron chi connectivity index (χ0n) is 21.0. The molecule has 2 aromatic carbocycles. The van der Waals surface area contributed by atoms with Crippen LogP contribution in [-0.2, 0) is 0 Å². The average molecular weight is 532 g/mol. The monoisotopic (exact) mass is 531 g/mol. The molecule has 1 unspecified atom stereocenters. The van der Waals surface area contributed by atoms with Crippen LogP contribution in [0.5, 0.6) is 0 Å². The van der Waals surface area contributed by atoms with Crippen molar-refractivity contribution < 1.29 is 14.3 Å². The van der Waals surface area contributed by atoms with E-state index in [0.717, 1.165) is 42.5 Å². The lowest BCUT2D eigenvalue weighted by atomic mass is 9.80. The number of carbonyl (C=O) groups excluding carboxylic acids is 1. The number of nitrogen functional groups attached to an aromatic ring is 1. The lowest BCUT2D eigenvalue weighted by molar-refractivity contribution is -0.0234. The molecule has 5 rings (SSSR count). The predicted octanol–water partition coefficient (Wildman–Crippen LogP) is 4.57. The summed E-state index contributed by atoms with van der Waals surface area (Å²) in [6.07, 6.45) is 5.92. The highest BCUT2D eigenvalue weighted by Gasteiger charge is 2.33. The van der Waals surface area contributed by atoms with E-state index in [-0.39, 0.29) is 17.5 Å². The Kier molecular flexibility index (Phi) is 7.30. The summed E-state index contributed by atoms with van der Waals surface area (Å²) in [4.78, 5) is 21.0. The first-order chi connectivity index (χ1) is 18.3. The predicted molar refractivity (Wildman–Crippen MR) is 149 cm³/mol. The number of benzene rings is 2. The number of aliphatic hydroxyl groups is 1. The molecule has 5 N–H and O–H groups in total. The SMILES string of the molecule is N#Cc1ccc(-c2cc(C(=O)N3CCCC(N)C3)sc2-c2ccc(N)c(C=NCC3(O)CCC3)c2)cc1F. The summed E-state index contributed by atoms with van der Waals surface area (Å²) in [6.45, 7) is 1.47. The number of thiophene rings is 1. The number of carbonyl (C=O) groups is 1. The second-order valence-corrected chi connectivity index (χ2v) is 11.3. The van der Waals surface area contributed by atoms with Crippen molar-refractivity contribution in [2.24, 2.45) is 10.7 Å². The van der Waals surface area contributed by atoms with E-state index in [1.807, 2.05) is 18.2 Å². The lowest BCUT2D eigenvalue weighted by Gasteiger charge is -2.34. The number of aliphatic imine (C=N–C) groups is 1. The van der Waals surface area contributed by atoms with Crippen molar-refractivity contribution in [3.63, 3.8) is 0 Å². The van der Waals surface area contributed by atoms with Gasteiger partial charge < -0.3 is 21.5 Å². The maximum absolute atomic E-state index is 14.6. The first-order valence-electron chi connectivity index (χ1n) is 12.8. The number of hydrogen-bond acceptors (Lipinski definition) is 7. The minimum absolute atomic E-state index is 0.0387. The Morgan fingerprint density at radius 1 is 1.24 bits per heavy atom. The Hall–Kier alpha value is -3.58. The quantitative estimate of drug-likeness (QED) is 0.317. The van der Waals surface area contributed by atoms with Crippen LogP contribution in [0.2, 0.25) is 0 Å². The zero-order valence-corrected chi connectivity index (χ0v) is 21.8. The molecule has 1 atom stereocenters. The molecule has 196 valence electrons. The normalized spacial score (nSPS) is 18.8. The van der Waals surface area contributed by atoms with Crippen molar-refractivity contribution in [1.29, 1.82) is 5.26 Å². The number of likely N-dealkylation sites (tertiary alicyclic amines) is 1. The van der Waals surface area contributed by atoms with Crippen molar-refractivity contribution in [2.45, 2.75) is 43.7 Å². The van der Waals surface area contributed by atoms with Gasteiger partial charge in [0.1, 0.15) is 11.9 Å². The summed E-state index contributed by atoms with van der Waals surface area (Å²) < 4.78 is 14.6. The first-order valence-corrected chi connectivity index (χ1v) is 13.6. The molecule has 2 fully saturated rings. The highest BCUT2D eigenvalue weighted by atomic mass is 32.1. The number of piperidine rings is 1. The van der Waals surface area contributed by atoms with Gasteiger partial charge in [0.2, 0.25) is 0 Å². The standard InChI is InChI=1S/C29H30FN5O2S/c30-24-12-18(4-5-20(24)14-31)23-13-26(28(36)35-10-1-3-22(32)16-35)38-27(23)19-6-7-25(33)21(11-19)15-34-17-29(37)8-2-9-29/h4-7,11-13,15,22,37H,1-3,8-10,16-17,32-33H2. The smallest absolute Gasteiger partial charge is 0.264 e. The van der Waals surface area contributed by atoms with Crippen molar-refractivity contribution >= 4 is 29.1 Å². The van der Waals surface area contributed by atoms with Crippen LogP contribution in [0, 0.1) is 17.1 Å². The van der Waals surface area contributed by atoms with Crippen molar-refractivity contribution in [3.8, 4) is 27.6 Å². The number of nitriles is 1. The molecule has 0 spiro atoms. The summed E-state index contributed by atoms with van der Waals surface area (Å²) >= 11 is 1.34. The Bertz CT molecular complexity index is 1440. The number of nitrogens with two attached hydrogens (primary N) is 2. The Morgan fingerprint density at radius 3 is 2.71 bits per heavy atom. The maximum Gasteiger partial charge on any atom is 0.264 e. The van der Waals surface area contributed by atoms with Crippen molar-refractivity contribution in [3.05, 3.63) is 64.3 Å². The Labute approximate surface area is 225 Å². The summed E-state index contributed by atoms with van der Waals surface area (Å²) in [7, 11) is 0. The van der Waals surface area contributed by atoms with Crippen LogP contribution in [0.3, 0.4) is 0 Å². The van der Waals surface area contributed by atoms with Gasteiger partial charge in [-0.2, -0.15) is 5.26 Å². The Morgan fingerprint density at radius 2 is 2.03 bits per heavy atom. The molecular weight excluding hydrogens is 501 g/mol. The summed E-state index contributed by atoms with van der Waals surface area (Å²) in [6, 6.07) is 13.6. The molecule has 1 saturated carbocycles. The third kappa shape index (κ3) is 5.34. The third-order valence-corrected chi connectivity index (χ3v) is 8.51. The molecular formula is C29H30FN5O2S. The van der Waals surface area contributed by atoms with Gasteiger partial charge in [-0.05, 0) is 73.6 Å². The number of rotatable bonds is 6. The number of anilines is 1. The maximum atomic E-state index is 14.6. The molecule has 0 bridgehead atoms. The molecule has 9 heteroatoms. The van der Waals surface area contributed by atoms with E-state index in [2.05, 4.69) is 4.99 Å². The minimum atomic E-state index is -0.726. The number of halogens is 1. The molecule has 38 heavy (non-hydrogen) atoms. The molecule has 1 aliphatic heterocycles. The topological polar surface area (TPSA) is 129 Å². The molecule has 2 aliphatic rings. The van der Waals surface area contributed by atoms with E-state index in [1.54, 1.807) is 29.3 Å². The van der Waals surface area contributed by atoms with Gasteiger partial charge in [-0.3, -0.25) is 9.79 Å². The van der Waals surface area contributed by atoms with Crippen LogP contribution in [0.4, 0.5) is 10.1 Å². The molecule has 0 radical (unpaired) electrons. The number of hydrogen-bond donors (Lipinski definition) is 3. The van der Waals surface area contributed by atoms with Crippen LogP contribution in [0.25, 0.3) is 21.6 Å². The summed E-state index contributed by atoms with van der Waals surface area (Å²) in [5.74, 6) is -0.714. The number of nitrogens with zero attached hydrogens (tertiary/aromatic N) is 3. The van der Waals surface area contributed by atoms with E-state index >= 15 is 0 Å². The van der Waals surface area contributed by atoms with Gasteiger partial charge in [-0.25, -0.2) is 4.39 Å². The van der Waals surface area contributed by atoms with Crippen molar-refractivity contribution in [2.75, 3.05) is 25.4 Å². The van der Waals surface area contributed by atoms with Gasteiger partial charge in [0, 0.05) is 47.0 Å². The number of amides is 1. The lowest BCUT2D eigenvalue weighted by Crippen LogP contribution is -2.45. The van der Waals surface area contributed by atoms with E-state index in [4.69, 9.17) is 16.7 Å². The minimum Gasteiger partial charge on any atom is -0.398 e. The fourth-order valence-electron chi connectivity index (χ4n) is 4.93.